The molecule has 3 aromatic rings. The van der Waals surface area contributed by atoms with Crippen molar-refractivity contribution in [2.45, 2.75) is 19.4 Å². The van der Waals surface area contributed by atoms with Crippen molar-refractivity contribution in [1.82, 2.24) is 15.1 Å². The maximum atomic E-state index is 6.08. The van der Waals surface area contributed by atoms with E-state index in [9.17, 15) is 0 Å². The molecule has 0 aliphatic carbocycles. The van der Waals surface area contributed by atoms with Gasteiger partial charge in [0.1, 0.15) is 11.6 Å². The predicted molar refractivity (Wildman–Crippen MR) is 108 cm³/mol. The second-order valence-corrected chi connectivity index (χ2v) is 5.94. The van der Waals surface area contributed by atoms with Gasteiger partial charge in [0.05, 0.1) is 18.5 Å². The number of nitrogen functional groups attached to an aromatic ring is 1. The van der Waals surface area contributed by atoms with Crippen molar-refractivity contribution < 1.29 is 4.74 Å². The topological polar surface area (TPSA) is 65.1 Å². The minimum absolute atomic E-state index is 0. The number of anilines is 1. The first-order chi connectivity index (χ1) is 12.3. The first-order valence-corrected chi connectivity index (χ1v) is 8.50. The Morgan fingerprint density at radius 3 is 2.65 bits per heavy atom. The van der Waals surface area contributed by atoms with Crippen LogP contribution in [0.5, 0.6) is 5.75 Å². The second-order valence-electron chi connectivity index (χ2n) is 5.94. The fourth-order valence-corrected chi connectivity index (χ4v) is 2.75. The third kappa shape index (κ3) is 5.25. The molecule has 0 radical (unpaired) electrons. The van der Waals surface area contributed by atoms with Crippen molar-refractivity contribution in [1.29, 1.82) is 0 Å². The van der Waals surface area contributed by atoms with Crippen LogP contribution in [0.25, 0.3) is 5.69 Å². The lowest BCUT2D eigenvalue weighted by Gasteiger charge is -2.06. The van der Waals surface area contributed by atoms with Crippen LogP contribution in [0, 0.1) is 0 Å². The summed E-state index contributed by atoms with van der Waals surface area (Å²) in [7, 11) is 1.69. The van der Waals surface area contributed by atoms with E-state index in [-0.39, 0.29) is 12.4 Å². The van der Waals surface area contributed by atoms with Crippen molar-refractivity contribution in [2.24, 2.45) is 0 Å². The van der Waals surface area contributed by atoms with Crippen LogP contribution in [0.4, 0.5) is 5.82 Å². The van der Waals surface area contributed by atoms with E-state index in [4.69, 9.17) is 10.5 Å². The van der Waals surface area contributed by atoms with Crippen LogP contribution in [-0.2, 0) is 13.0 Å². The number of hydrogen-bond donors (Lipinski definition) is 2. The van der Waals surface area contributed by atoms with Gasteiger partial charge >= 0.3 is 0 Å². The number of ether oxygens (including phenoxy) is 1. The monoisotopic (exact) mass is 372 g/mol. The Morgan fingerprint density at radius 2 is 1.88 bits per heavy atom. The molecule has 0 fully saturated rings. The molecule has 0 saturated carbocycles. The van der Waals surface area contributed by atoms with Gasteiger partial charge in [0.2, 0.25) is 0 Å². The van der Waals surface area contributed by atoms with Gasteiger partial charge in [0, 0.05) is 12.6 Å². The number of methoxy groups -OCH3 is 1. The standard InChI is InChI=1S/C20H24N4O.ClH/c1-25-19-11-5-7-16(13-19)15-22-12-6-8-17-14-20(21)24(23-17)18-9-3-2-4-10-18;/h2-5,7,9-11,13-14,22H,6,8,12,15,21H2,1H3;1H. The molecule has 1 heterocycles. The summed E-state index contributed by atoms with van der Waals surface area (Å²) in [5.74, 6) is 1.56. The maximum Gasteiger partial charge on any atom is 0.127 e. The molecule has 5 nitrogen and oxygen atoms in total. The van der Waals surface area contributed by atoms with Crippen LogP contribution in [0.3, 0.4) is 0 Å². The molecule has 0 bridgehead atoms. The molecule has 2 aromatic carbocycles. The molecule has 6 heteroatoms. The summed E-state index contributed by atoms with van der Waals surface area (Å²) in [5, 5.41) is 8.06. The van der Waals surface area contributed by atoms with Crippen LogP contribution < -0.4 is 15.8 Å². The number of nitrogens with zero attached hydrogens (tertiary/aromatic N) is 2. The molecule has 26 heavy (non-hydrogen) atoms. The molecule has 3 rings (SSSR count). The minimum atomic E-state index is 0. The Morgan fingerprint density at radius 1 is 1.08 bits per heavy atom. The van der Waals surface area contributed by atoms with E-state index in [1.54, 1.807) is 11.8 Å². The molecule has 0 saturated heterocycles. The molecule has 138 valence electrons. The van der Waals surface area contributed by atoms with Gasteiger partial charge in [0.15, 0.2) is 0 Å². The molecule has 0 spiro atoms. The molecular formula is C20H25ClN4O. The number of nitrogens with one attached hydrogen (secondary N) is 1. The van der Waals surface area contributed by atoms with Gasteiger partial charge in [-0.3, -0.25) is 0 Å². The Labute approximate surface area is 160 Å². The third-order valence-corrected chi connectivity index (χ3v) is 4.04. The van der Waals surface area contributed by atoms with E-state index in [1.807, 2.05) is 48.5 Å². The lowest BCUT2D eigenvalue weighted by Crippen LogP contribution is -2.15. The van der Waals surface area contributed by atoms with E-state index in [2.05, 4.69) is 22.5 Å². The first kappa shape index (κ1) is 19.8. The van der Waals surface area contributed by atoms with Crippen molar-refractivity contribution in [3.63, 3.8) is 0 Å². The first-order valence-electron chi connectivity index (χ1n) is 8.50. The lowest BCUT2D eigenvalue weighted by atomic mass is 10.2. The Kier molecular flexibility index (Phi) is 7.51. The van der Waals surface area contributed by atoms with E-state index in [0.717, 1.165) is 43.1 Å². The van der Waals surface area contributed by atoms with Gasteiger partial charge < -0.3 is 15.8 Å². The summed E-state index contributed by atoms with van der Waals surface area (Å²) in [6.45, 7) is 1.76. The van der Waals surface area contributed by atoms with Gasteiger partial charge in [-0.25, -0.2) is 4.68 Å². The SMILES string of the molecule is COc1cccc(CNCCCc2cc(N)n(-c3ccccc3)n2)c1.Cl. The average Bonchev–Trinajstić information content (AvgIpc) is 3.03. The molecule has 0 amide bonds. The van der Waals surface area contributed by atoms with Gasteiger partial charge in [-0.1, -0.05) is 30.3 Å². The number of rotatable bonds is 8. The number of para-hydroxylation sites is 1. The summed E-state index contributed by atoms with van der Waals surface area (Å²) in [5.41, 5.74) is 9.31. The van der Waals surface area contributed by atoms with E-state index in [1.165, 1.54) is 5.56 Å². The second kappa shape index (κ2) is 9.85. The summed E-state index contributed by atoms with van der Waals surface area (Å²) in [6.07, 6.45) is 1.91. The number of aryl methyl sites for hydroxylation is 1. The zero-order valence-corrected chi connectivity index (χ0v) is 15.7. The molecule has 0 aliphatic heterocycles. The fourth-order valence-electron chi connectivity index (χ4n) is 2.75. The minimum Gasteiger partial charge on any atom is -0.497 e. The highest BCUT2D eigenvalue weighted by Crippen LogP contribution is 2.15. The summed E-state index contributed by atoms with van der Waals surface area (Å²) in [4.78, 5) is 0. The molecule has 0 aliphatic rings. The third-order valence-electron chi connectivity index (χ3n) is 4.04. The van der Waals surface area contributed by atoms with Gasteiger partial charge in [-0.05, 0) is 49.2 Å². The molecule has 0 atom stereocenters. The highest BCUT2D eigenvalue weighted by molar-refractivity contribution is 5.85. The van der Waals surface area contributed by atoms with Crippen LogP contribution in [0.15, 0.2) is 60.7 Å². The van der Waals surface area contributed by atoms with E-state index < -0.39 is 0 Å². The Bertz CT molecular complexity index is 805. The smallest absolute Gasteiger partial charge is 0.127 e. The summed E-state index contributed by atoms with van der Waals surface area (Å²) >= 11 is 0. The van der Waals surface area contributed by atoms with Crippen LogP contribution in [0.1, 0.15) is 17.7 Å². The number of hydrogen-bond acceptors (Lipinski definition) is 4. The van der Waals surface area contributed by atoms with Gasteiger partial charge in [-0.15, -0.1) is 12.4 Å². The lowest BCUT2D eigenvalue weighted by molar-refractivity contribution is 0.414. The zero-order valence-electron chi connectivity index (χ0n) is 14.9. The number of aromatic nitrogens is 2. The maximum absolute atomic E-state index is 6.08. The van der Waals surface area contributed by atoms with Crippen LogP contribution in [0.2, 0.25) is 0 Å². The van der Waals surface area contributed by atoms with Crippen LogP contribution >= 0.6 is 12.4 Å². The van der Waals surface area contributed by atoms with Crippen LogP contribution in [-0.4, -0.2) is 23.4 Å². The molecule has 3 N–H and O–H groups in total. The highest BCUT2D eigenvalue weighted by atomic mass is 35.5. The normalized spacial score (nSPS) is 10.3. The number of nitrogens with two attached hydrogens (primary N) is 1. The fraction of sp³-hybridized carbons (Fsp3) is 0.250. The zero-order chi connectivity index (χ0) is 17.5. The van der Waals surface area contributed by atoms with Gasteiger partial charge in [0.25, 0.3) is 0 Å². The Hall–Kier alpha value is -2.50. The number of benzene rings is 2. The summed E-state index contributed by atoms with van der Waals surface area (Å²) in [6, 6.07) is 20.0. The van der Waals surface area contributed by atoms with Crippen molar-refractivity contribution in [3.8, 4) is 11.4 Å². The van der Waals surface area contributed by atoms with E-state index in [0.29, 0.717) is 5.82 Å². The highest BCUT2D eigenvalue weighted by Gasteiger charge is 2.06. The average molecular weight is 373 g/mol. The quantitative estimate of drug-likeness (QED) is 0.593. The molecule has 1 aromatic heterocycles. The van der Waals surface area contributed by atoms with Gasteiger partial charge in [-0.2, -0.15) is 5.10 Å². The predicted octanol–water partition coefficient (Wildman–Crippen LogP) is 3.61. The summed E-state index contributed by atoms with van der Waals surface area (Å²) < 4.78 is 7.03. The molecular weight excluding hydrogens is 348 g/mol. The van der Waals surface area contributed by atoms with Crippen molar-refractivity contribution >= 4 is 18.2 Å². The Balaban J connectivity index is 0.00000243. The van der Waals surface area contributed by atoms with E-state index >= 15 is 0 Å². The van der Waals surface area contributed by atoms with Crippen molar-refractivity contribution in [2.75, 3.05) is 19.4 Å². The number of halogens is 1. The largest absolute Gasteiger partial charge is 0.497 e. The molecule has 0 unspecified atom stereocenters. The van der Waals surface area contributed by atoms with Crippen molar-refractivity contribution in [3.05, 3.63) is 71.9 Å².